The van der Waals surface area contributed by atoms with Crippen LogP contribution >= 0.6 is 0 Å². The first-order valence-corrected chi connectivity index (χ1v) is 13.2. The van der Waals surface area contributed by atoms with Gasteiger partial charge < -0.3 is 25.4 Å². The summed E-state index contributed by atoms with van der Waals surface area (Å²) < 4.78 is 5.43. The van der Waals surface area contributed by atoms with Gasteiger partial charge in [-0.1, -0.05) is 51.1 Å². The summed E-state index contributed by atoms with van der Waals surface area (Å²) in [6.45, 7) is 14.9. The van der Waals surface area contributed by atoms with Crippen LogP contribution in [0.3, 0.4) is 0 Å². The number of nitrogens with one attached hydrogen (secondary N) is 2. The monoisotopic (exact) mass is 523 g/mol. The second-order valence-corrected chi connectivity index (χ2v) is 11.6. The molecule has 2 aromatic carbocycles. The van der Waals surface area contributed by atoms with Crippen molar-refractivity contribution in [2.45, 2.75) is 85.5 Å². The highest BCUT2D eigenvalue weighted by Gasteiger charge is 2.48. The first-order chi connectivity index (χ1) is 17.7. The van der Waals surface area contributed by atoms with Crippen LogP contribution in [0.25, 0.3) is 0 Å². The topological polar surface area (TPSA) is 108 Å². The van der Waals surface area contributed by atoms with Crippen LogP contribution in [0.15, 0.2) is 42.5 Å². The summed E-state index contributed by atoms with van der Waals surface area (Å²) in [6.07, 6.45) is 0.0587. The Morgan fingerprint density at radius 2 is 1.58 bits per heavy atom. The van der Waals surface area contributed by atoms with Gasteiger partial charge in [0.05, 0.1) is 0 Å². The number of rotatable bonds is 8. The van der Waals surface area contributed by atoms with Crippen molar-refractivity contribution in [1.29, 1.82) is 0 Å². The van der Waals surface area contributed by atoms with Gasteiger partial charge in [0, 0.05) is 11.7 Å². The van der Waals surface area contributed by atoms with E-state index in [4.69, 9.17) is 4.74 Å². The number of phenolic OH excluding ortho intramolecular Hbond substituents is 1. The molecule has 0 bridgehead atoms. The van der Waals surface area contributed by atoms with Gasteiger partial charge in [-0.3, -0.25) is 9.59 Å². The SMILES string of the molecule is Cc1cccc(C)c1NC(=O)C(c1ccc(O)cc1)N(C(=O)C(NC(=O)OC(C)(C)C)C(C)C)C1CC1C. The largest absolute Gasteiger partial charge is 0.508 e. The number of aromatic hydroxyl groups is 1. The molecule has 4 atom stereocenters. The summed E-state index contributed by atoms with van der Waals surface area (Å²) in [6, 6.07) is 10.0. The fourth-order valence-electron chi connectivity index (χ4n) is 4.58. The van der Waals surface area contributed by atoms with E-state index >= 15 is 0 Å². The first-order valence-electron chi connectivity index (χ1n) is 13.2. The van der Waals surface area contributed by atoms with E-state index in [-0.39, 0.29) is 35.4 Å². The minimum atomic E-state index is -0.973. The summed E-state index contributed by atoms with van der Waals surface area (Å²) in [5, 5.41) is 15.7. The predicted octanol–water partition coefficient (Wildman–Crippen LogP) is 5.48. The van der Waals surface area contributed by atoms with E-state index in [1.165, 1.54) is 12.1 Å². The third kappa shape index (κ3) is 7.05. The van der Waals surface area contributed by atoms with E-state index in [1.807, 2.05) is 52.8 Å². The molecular weight excluding hydrogens is 482 g/mol. The number of alkyl carbamates (subject to hydrolysis) is 1. The van der Waals surface area contributed by atoms with Crippen LogP contribution in [0.1, 0.15) is 70.7 Å². The molecule has 1 aliphatic rings. The zero-order valence-corrected chi connectivity index (χ0v) is 23.7. The predicted molar refractivity (Wildman–Crippen MR) is 148 cm³/mol. The molecule has 1 saturated carbocycles. The summed E-state index contributed by atoms with van der Waals surface area (Å²) >= 11 is 0. The Morgan fingerprint density at radius 3 is 2.05 bits per heavy atom. The minimum Gasteiger partial charge on any atom is -0.508 e. The molecule has 0 heterocycles. The number of anilines is 1. The molecule has 2 aromatic rings. The summed E-state index contributed by atoms with van der Waals surface area (Å²) in [7, 11) is 0. The highest BCUT2D eigenvalue weighted by Crippen LogP contribution is 2.41. The fraction of sp³-hybridized carbons (Fsp3) is 0.500. The Kier molecular flexibility index (Phi) is 8.75. The molecule has 0 aromatic heterocycles. The molecule has 1 fully saturated rings. The van der Waals surface area contributed by atoms with Crippen LogP contribution in [0.4, 0.5) is 10.5 Å². The maximum absolute atomic E-state index is 14.2. The number of carbonyl (C=O) groups excluding carboxylic acids is 3. The lowest BCUT2D eigenvalue weighted by Gasteiger charge is -2.36. The number of hydrogen-bond donors (Lipinski definition) is 3. The highest BCUT2D eigenvalue weighted by molar-refractivity contribution is 6.00. The van der Waals surface area contributed by atoms with E-state index in [1.54, 1.807) is 37.8 Å². The molecule has 4 unspecified atom stereocenters. The van der Waals surface area contributed by atoms with Gasteiger partial charge in [-0.05, 0) is 81.7 Å². The Hall–Kier alpha value is -3.55. The van der Waals surface area contributed by atoms with E-state index in [0.29, 0.717) is 11.3 Å². The Labute approximate surface area is 225 Å². The highest BCUT2D eigenvalue weighted by atomic mass is 16.6. The molecule has 0 saturated heterocycles. The molecule has 0 aliphatic heterocycles. The maximum Gasteiger partial charge on any atom is 0.408 e. The lowest BCUT2D eigenvalue weighted by Crippen LogP contribution is -2.55. The zero-order valence-electron chi connectivity index (χ0n) is 23.7. The summed E-state index contributed by atoms with van der Waals surface area (Å²) in [5.74, 6) is -0.711. The zero-order chi connectivity index (χ0) is 28.4. The Morgan fingerprint density at radius 1 is 1.03 bits per heavy atom. The number of nitrogens with zero attached hydrogens (tertiary/aromatic N) is 1. The molecule has 38 heavy (non-hydrogen) atoms. The van der Waals surface area contributed by atoms with Gasteiger partial charge in [0.2, 0.25) is 5.91 Å². The standard InChI is InChI=1S/C30H41N3O5/c1-17(2)24(32-29(37)38-30(6,7)8)28(36)33(23-16-20(23)5)26(21-12-14-22(34)15-13-21)27(35)31-25-18(3)10-9-11-19(25)4/h9-15,17,20,23-24,26,34H,16H2,1-8H3,(H,31,35)(H,32,37). The van der Waals surface area contributed by atoms with Crippen molar-refractivity contribution in [1.82, 2.24) is 10.2 Å². The molecule has 0 spiro atoms. The van der Waals surface area contributed by atoms with Crippen LogP contribution in [0, 0.1) is 25.7 Å². The van der Waals surface area contributed by atoms with Gasteiger partial charge in [-0.15, -0.1) is 0 Å². The van der Waals surface area contributed by atoms with Gasteiger partial charge in [0.15, 0.2) is 0 Å². The van der Waals surface area contributed by atoms with E-state index < -0.39 is 23.8 Å². The Bertz CT molecular complexity index is 1150. The van der Waals surface area contributed by atoms with Crippen molar-refractivity contribution in [3.05, 3.63) is 59.2 Å². The normalized spacial score (nSPS) is 18.3. The number of amides is 3. The molecule has 3 amide bonds. The number of aryl methyl sites for hydroxylation is 2. The number of carbonyl (C=O) groups is 3. The molecule has 1 aliphatic carbocycles. The second-order valence-electron chi connectivity index (χ2n) is 11.6. The number of para-hydroxylation sites is 1. The molecule has 8 nitrogen and oxygen atoms in total. The van der Waals surface area contributed by atoms with Crippen molar-refractivity contribution in [2.75, 3.05) is 5.32 Å². The van der Waals surface area contributed by atoms with Crippen molar-refractivity contribution < 1.29 is 24.2 Å². The van der Waals surface area contributed by atoms with E-state index in [0.717, 1.165) is 17.5 Å². The molecule has 206 valence electrons. The summed E-state index contributed by atoms with van der Waals surface area (Å²) in [4.78, 5) is 42.5. The summed E-state index contributed by atoms with van der Waals surface area (Å²) in [5.41, 5.74) is 2.36. The fourth-order valence-corrected chi connectivity index (χ4v) is 4.58. The maximum atomic E-state index is 14.2. The molecule has 3 rings (SSSR count). The average Bonchev–Trinajstić information content (AvgIpc) is 3.53. The van der Waals surface area contributed by atoms with Crippen LogP contribution in [-0.4, -0.2) is 45.6 Å². The van der Waals surface area contributed by atoms with Gasteiger partial charge in [0.25, 0.3) is 5.91 Å². The number of phenols is 1. The number of ether oxygens (including phenoxy) is 1. The Balaban J connectivity index is 2.04. The first kappa shape index (κ1) is 29.0. The smallest absolute Gasteiger partial charge is 0.408 e. The van der Waals surface area contributed by atoms with Gasteiger partial charge in [0.1, 0.15) is 23.4 Å². The van der Waals surface area contributed by atoms with Crippen molar-refractivity contribution in [2.24, 2.45) is 11.8 Å². The minimum absolute atomic E-state index is 0.0620. The van der Waals surface area contributed by atoms with Gasteiger partial charge in [-0.25, -0.2) is 4.79 Å². The van der Waals surface area contributed by atoms with Crippen LogP contribution in [-0.2, 0) is 14.3 Å². The van der Waals surface area contributed by atoms with Crippen LogP contribution < -0.4 is 10.6 Å². The average molecular weight is 524 g/mol. The van der Waals surface area contributed by atoms with E-state index in [9.17, 15) is 19.5 Å². The molecule has 0 radical (unpaired) electrons. The van der Waals surface area contributed by atoms with Crippen molar-refractivity contribution in [3.8, 4) is 5.75 Å². The quantitative estimate of drug-likeness (QED) is 0.425. The lowest BCUT2D eigenvalue weighted by atomic mass is 9.98. The van der Waals surface area contributed by atoms with Gasteiger partial charge >= 0.3 is 6.09 Å². The van der Waals surface area contributed by atoms with Crippen molar-refractivity contribution in [3.63, 3.8) is 0 Å². The number of hydrogen-bond acceptors (Lipinski definition) is 5. The molecular formula is C30H41N3O5. The number of benzene rings is 2. The third-order valence-electron chi connectivity index (χ3n) is 6.75. The van der Waals surface area contributed by atoms with Crippen molar-refractivity contribution >= 4 is 23.6 Å². The molecule has 3 N–H and O–H groups in total. The van der Waals surface area contributed by atoms with Gasteiger partial charge in [-0.2, -0.15) is 0 Å². The second kappa shape index (κ2) is 11.5. The third-order valence-corrected chi connectivity index (χ3v) is 6.75. The van der Waals surface area contributed by atoms with Crippen LogP contribution in [0.5, 0.6) is 5.75 Å². The van der Waals surface area contributed by atoms with Crippen LogP contribution in [0.2, 0.25) is 0 Å². The molecule has 8 heteroatoms. The van der Waals surface area contributed by atoms with E-state index in [2.05, 4.69) is 10.6 Å². The lowest BCUT2D eigenvalue weighted by molar-refractivity contribution is -0.142.